The van der Waals surface area contributed by atoms with E-state index >= 15 is 0 Å². The van der Waals surface area contributed by atoms with Crippen molar-refractivity contribution < 1.29 is 8.78 Å². The van der Waals surface area contributed by atoms with E-state index in [9.17, 15) is 8.78 Å². The van der Waals surface area contributed by atoms with Crippen LogP contribution >= 0.6 is 0 Å². The summed E-state index contributed by atoms with van der Waals surface area (Å²) in [5.74, 6) is -0.237. The molecule has 0 nitrogen and oxygen atoms in total. The van der Waals surface area contributed by atoms with Crippen molar-refractivity contribution in [2.75, 3.05) is 0 Å². The van der Waals surface area contributed by atoms with Crippen molar-refractivity contribution in [3.8, 4) is 22.3 Å². The average Bonchev–Trinajstić information content (AvgIpc) is 3.29. The van der Waals surface area contributed by atoms with Gasteiger partial charge in [0.2, 0.25) is 0 Å². The molecule has 0 saturated heterocycles. The van der Waals surface area contributed by atoms with E-state index in [0.717, 1.165) is 73.6 Å². The highest BCUT2D eigenvalue weighted by Crippen LogP contribution is 2.27. The van der Waals surface area contributed by atoms with Crippen LogP contribution in [0.15, 0.2) is 133 Å². The van der Waals surface area contributed by atoms with E-state index in [-0.39, 0.29) is 11.6 Å². The van der Waals surface area contributed by atoms with Crippen molar-refractivity contribution in [2.24, 2.45) is 0 Å². The van der Waals surface area contributed by atoms with Crippen LogP contribution in [0.25, 0.3) is 22.3 Å². The minimum atomic E-state index is -0.134. The van der Waals surface area contributed by atoms with Crippen LogP contribution in [-0.2, 0) is 51.4 Å². The summed E-state index contributed by atoms with van der Waals surface area (Å²) in [4.78, 5) is 0. The van der Waals surface area contributed by atoms with Gasteiger partial charge >= 0.3 is 0 Å². The number of halogens is 2. The minimum Gasteiger partial charge on any atom is -0.206 e. The largest absolute Gasteiger partial charge is 0.206 e. The van der Waals surface area contributed by atoms with E-state index in [1.54, 1.807) is 12.1 Å². The van der Waals surface area contributed by atoms with E-state index in [4.69, 9.17) is 0 Å². The molecule has 0 amide bonds. The second-order valence-electron chi connectivity index (χ2n) is 17.1. The van der Waals surface area contributed by atoms with Gasteiger partial charge in [-0.25, -0.2) is 8.78 Å². The second kappa shape index (κ2) is 26.5. The van der Waals surface area contributed by atoms with Gasteiger partial charge in [0.15, 0.2) is 0 Å². The molecule has 0 radical (unpaired) electrons. The molecule has 0 spiro atoms. The zero-order valence-corrected chi connectivity index (χ0v) is 37.9. The third kappa shape index (κ3) is 16.2. The Morgan fingerprint density at radius 2 is 0.590 bits per heavy atom. The molecule has 0 atom stereocenters. The molecule has 0 fully saturated rings. The van der Waals surface area contributed by atoms with Crippen molar-refractivity contribution in [3.05, 3.63) is 190 Å². The summed E-state index contributed by atoms with van der Waals surface area (Å²) in [6, 6.07) is 46.1. The molecule has 0 unspecified atom stereocenters. The maximum atomic E-state index is 14.8. The minimum absolute atomic E-state index is 0.103. The molecule has 6 rings (SSSR count). The number of rotatable bonds is 23. The van der Waals surface area contributed by atoms with Crippen molar-refractivity contribution in [1.29, 1.82) is 0 Å². The van der Waals surface area contributed by atoms with Crippen molar-refractivity contribution >= 4 is 0 Å². The van der Waals surface area contributed by atoms with Crippen LogP contribution in [0, 0.1) is 11.6 Å². The van der Waals surface area contributed by atoms with E-state index in [0.29, 0.717) is 11.1 Å². The number of hydrogen-bond donors (Lipinski definition) is 0. The van der Waals surface area contributed by atoms with E-state index in [1.807, 2.05) is 24.3 Å². The Kier molecular flexibility index (Phi) is 20.5. The normalized spacial score (nSPS) is 11.0. The van der Waals surface area contributed by atoms with Crippen molar-refractivity contribution in [3.63, 3.8) is 0 Å². The monoisotopic (exact) mass is 819 g/mol. The number of aryl methyl sites for hydroxylation is 8. The molecule has 0 N–H and O–H groups in total. The lowest BCUT2D eigenvalue weighted by atomic mass is 9.97. The Labute approximate surface area is 368 Å². The smallest absolute Gasteiger partial charge is 0.131 e. The first kappa shape index (κ1) is 47.2. The van der Waals surface area contributed by atoms with E-state index in [1.165, 1.54) is 104 Å². The van der Waals surface area contributed by atoms with Crippen LogP contribution < -0.4 is 0 Å². The molecule has 322 valence electrons. The summed E-state index contributed by atoms with van der Waals surface area (Å²) in [5.41, 5.74) is 13.6. The molecule has 0 aliphatic heterocycles. The summed E-state index contributed by atoms with van der Waals surface area (Å²) >= 11 is 0. The Morgan fingerprint density at radius 1 is 0.279 bits per heavy atom. The molecule has 2 heteroatoms. The van der Waals surface area contributed by atoms with Gasteiger partial charge in [0.05, 0.1) is 0 Å². The molecule has 0 heterocycles. The van der Waals surface area contributed by atoms with Gasteiger partial charge in [0.25, 0.3) is 0 Å². The molecule has 0 bridgehead atoms. The summed E-state index contributed by atoms with van der Waals surface area (Å²) < 4.78 is 29.4. The van der Waals surface area contributed by atoms with Crippen molar-refractivity contribution in [1.82, 2.24) is 0 Å². The zero-order chi connectivity index (χ0) is 43.1. The molecule has 0 aliphatic carbocycles. The van der Waals surface area contributed by atoms with Gasteiger partial charge in [0.1, 0.15) is 11.6 Å². The predicted octanol–water partition coefficient (Wildman–Crippen LogP) is 17.1. The molecular weight excluding hydrogens is 747 g/mol. The molecule has 0 aliphatic rings. The van der Waals surface area contributed by atoms with Gasteiger partial charge in [-0.3, -0.25) is 0 Å². The van der Waals surface area contributed by atoms with Crippen LogP contribution in [0.4, 0.5) is 8.78 Å². The van der Waals surface area contributed by atoms with Gasteiger partial charge in [-0.2, -0.15) is 0 Å². The molecule has 6 aromatic rings. The van der Waals surface area contributed by atoms with Gasteiger partial charge in [-0.05, 0) is 132 Å². The van der Waals surface area contributed by atoms with Gasteiger partial charge in [0, 0.05) is 11.1 Å². The fourth-order valence-corrected chi connectivity index (χ4v) is 8.14. The summed E-state index contributed by atoms with van der Waals surface area (Å²) in [6.45, 7) is 8.82. The van der Waals surface area contributed by atoms with E-state index < -0.39 is 0 Å². The fourth-order valence-electron chi connectivity index (χ4n) is 8.14. The first-order valence-corrected chi connectivity index (χ1v) is 23.8. The van der Waals surface area contributed by atoms with Gasteiger partial charge < -0.3 is 0 Å². The van der Waals surface area contributed by atoms with Gasteiger partial charge in [-0.15, -0.1) is 0 Å². The number of hydrogen-bond acceptors (Lipinski definition) is 0. The first-order chi connectivity index (χ1) is 29.9. The standard InChI is InChI=1S/C34H45F.C25H27F/c1-3-5-7-9-11-13-28-15-17-29(18-16-28)19-20-30-21-24-32(25-22-30)33-26-23-31(27-34(33)35)14-12-10-8-6-4-2;1-3-5-20-6-8-21(9-7-20)10-11-22-14-17-24(25(26)18-22)23-15-12-19(4-2)13-16-23/h15-18,21-27H,3-14,19-20H2,1-2H3;6-9,12-18H,3-5,10-11H2,1-2H3. The summed E-state index contributed by atoms with van der Waals surface area (Å²) in [7, 11) is 0. The maximum absolute atomic E-state index is 14.8. The molecule has 61 heavy (non-hydrogen) atoms. The Hall–Kier alpha value is -4.82. The zero-order valence-electron chi connectivity index (χ0n) is 37.9. The van der Waals surface area contributed by atoms with Crippen LogP contribution in [0.5, 0.6) is 0 Å². The van der Waals surface area contributed by atoms with Crippen LogP contribution in [-0.4, -0.2) is 0 Å². The lowest BCUT2D eigenvalue weighted by Crippen LogP contribution is -1.94. The highest BCUT2D eigenvalue weighted by Gasteiger charge is 2.09. The predicted molar refractivity (Wildman–Crippen MR) is 260 cm³/mol. The highest BCUT2D eigenvalue weighted by molar-refractivity contribution is 5.66. The Bertz CT molecular complexity index is 2110. The molecular formula is C59H72F2. The van der Waals surface area contributed by atoms with Crippen LogP contribution in [0.1, 0.15) is 143 Å². The maximum Gasteiger partial charge on any atom is 0.131 e. The average molecular weight is 819 g/mol. The Balaban J connectivity index is 0.000000241. The lowest BCUT2D eigenvalue weighted by molar-refractivity contribution is 0.618. The topological polar surface area (TPSA) is 0 Å². The summed E-state index contributed by atoms with van der Waals surface area (Å²) in [6.07, 6.45) is 22.2. The Morgan fingerprint density at radius 3 is 0.984 bits per heavy atom. The summed E-state index contributed by atoms with van der Waals surface area (Å²) in [5, 5.41) is 0. The van der Waals surface area contributed by atoms with Crippen LogP contribution in [0.2, 0.25) is 0 Å². The van der Waals surface area contributed by atoms with Gasteiger partial charge in [-0.1, -0.05) is 207 Å². The second-order valence-corrected chi connectivity index (χ2v) is 17.1. The lowest BCUT2D eigenvalue weighted by Gasteiger charge is -2.09. The van der Waals surface area contributed by atoms with Crippen molar-refractivity contribution in [2.45, 2.75) is 150 Å². The van der Waals surface area contributed by atoms with E-state index in [2.05, 4.69) is 125 Å². The van der Waals surface area contributed by atoms with Crippen LogP contribution in [0.3, 0.4) is 0 Å². The fraction of sp³-hybridized carbons (Fsp3) is 0.390. The molecule has 0 aromatic heterocycles. The SMILES string of the molecule is CCCCCCCc1ccc(CCc2ccc(-c3ccc(CCCCCCC)cc3F)cc2)cc1.CCCc1ccc(CCc2ccc(-c3ccc(CC)cc3)c(F)c2)cc1. The number of benzene rings is 6. The number of unbranched alkanes of at least 4 members (excludes halogenated alkanes) is 8. The third-order valence-corrected chi connectivity index (χ3v) is 12.1. The molecule has 0 saturated carbocycles. The first-order valence-electron chi connectivity index (χ1n) is 23.8. The quantitative estimate of drug-likeness (QED) is 0.0565. The highest BCUT2D eigenvalue weighted by atomic mass is 19.1. The molecule has 6 aromatic carbocycles. The third-order valence-electron chi connectivity index (χ3n) is 12.1.